The number of carbonyl (C=O) groups excluding carboxylic acids is 1. The molecule has 1 aliphatic rings. The molecule has 0 spiro atoms. The molecule has 92 valence electrons. The number of hydrogen-bond acceptors (Lipinski definition) is 4. The van der Waals surface area contributed by atoms with Gasteiger partial charge in [-0.05, 0) is 36.9 Å². The maximum absolute atomic E-state index is 12.1. The van der Waals surface area contributed by atoms with E-state index in [-0.39, 0.29) is 10.8 Å². The van der Waals surface area contributed by atoms with Crippen molar-refractivity contribution >= 4 is 27.7 Å². The average molecular weight is 271 g/mol. The Bertz CT molecular complexity index is 522. The Hall–Kier alpha value is -1.01. The second kappa shape index (κ2) is 4.70. The first kappa shape index (κ1) is 12.4. The zero-order chi connectivity index (χ0) is 12.5. The maximum atomic E-state index is 12.1. The number of nitrogens with zero attached hydrogens (tertiary/aromatic N) is 1. The first-order valence-corrected chi connectivity index (χ1v) is 7.92. The van der Waals surface area contributed by atoms with Crippen LogP contribution in [0, 0.1) is 0 Å². The summed E-state index contributed by atoms with van der Waals surface area (Å²) in [5, 5.41) is 0. The first-order valence-electron chi connectivity index (χ1n) is 5.25. The summed E-state index contributed by atoms with van der Waals surface area (Å²) in [4.78, 5) is 12.6. The summed E-state index contributed by atoms with van der Waals surface area (Å²) in [6.45, 7) is 0.297. The van der Waals surface area contributed by atoms with Gasteiger partial charge in [-0.15, -0.1) is 11.8 Å². The fourth-order valence-corrected chi connectivity index (χ4v) is 3.62. The van der Waals surface area contributed by atoms with Gasteiger partial charge in [0.2, 0.25) is 5.91 Å². The molecule has 1 amide bonds. The topological polar surface area (TPSA) is 54.5 Å². The highest BCUT2D eigenvalue weighted by atomic mass is 32.2. The van der Waals surface area contributed by atoms with Crippen LogP contribution in [0.25, 0.3) is 0 Å². The Morgan fingerprint density at radius 2 is 1.88 bits per heavy atom. The molecule has 4 nitrogen and oxygen atoms in total. The number of benzene rings is 1. The number of carbonyl (C=O) groups is 1. The number of hydrogen-bond donors (Lipinski definition) is 0. The van der Waals surface area contributed by atoms with E-state index in [2.05, 4.69) is 0 Å². The van der Waals surface area contributed by atoms with Crippen LogP contribution in [0.2, 0.25) is 0 Å². The molecule has 1 aromatic carbocycles. The van der Waals surface area contributed by atoms with Gasteiger partial charge in [0.25, 0.3) is 10.0 Å². The molecule has 1 saturated heterocycles. The van der Waals surface area contributed by atoms with Gasteiger partial charge in [0.1, 0.15) is 0 Å². The fraction of sp³-hybridized carbons (Fsp3) is 0.364. The van der Waals surface area contributed by atoms with E-state index >= 15 is 0 Å². The molecule has 0 bridgehead atoms. The number of sulfonamides is 1. The summed E-state index contributed by atoms with van der Waals surface area (Å²) < 4.78 is 25.3. The van der Waals surface area contributed by atoms with Gasteiger partial charge >= 0.3 is 0 Å². The van der Waals surface area contributed by atoms with Gasteiger partial charge < -0.3 is 0 Å². The molecule has 1 fully saturated rings. The molecule has 0 aromatic heterocycles. The van der Waals surface area contributed by atoms with E-state index in [1.807, 2.05) is 6.26 Å². The fourth-order valence-electron chi connectivity index (χ4n) is 1.75. The second-order valence-corrected chi connectivity index (χ2v) is 6.49. The third-order valence-corrected chi connectivity index (χ3v) is 5.26. The lowest BCUT2D eigenvalue weighted by atomic mass is 10.4. The van der Waals surface area contributed by atoms with Gasteiger partial charge in [0, 0.05) is 17.9 Å². The quantitative estimate of drug-likeness (QED) is 0.786. The maximum Gasteiger partial charge on any atom is 0.266 e. The van der Waals surface area contributed by atoms with Crippen molar-refractivity contribution in [2.75, 3.05) is 12.8 Å². The minimum atomic E-state index is -3.64. The lowest BCUT2D eigenvalue weighted by Gasteiger charge is -2.16. The van der Waals surface area contributed by atoms with Crippen LogP contribution in [0.1, 0.15) is 12.8 Å². The molecule has 17 heavy (non-hydrogen) atoms. The molecule has 1 heterocycles. The van der Waals surface area contributed by atoms with Crippen molar-refractivity contribution in [2.45, 2.75) is 22.6 Å². The SMILES string of the molecule is CSc1ccc(S(=O)(=O)N2CCCC2=O)cc1. The van der Waals surface area contributed by atoms with E-state index in [0.29, 0.717) is 19.4 Å². The number of rotatable bonds is 3. The zero-order valence-corrected chi connectivity index (χ0v) is 11.1. The van der Waals surface area contributed by atoms with Gasteiger partial charge in [-0.25, -0.2) is 12.7 Å². The van der Waals surface area contributed by atoms with Crippen molar-refractivity contribution in [2.24, 2.45) is 0 Å². The summed E-state index contributed by atoms with van der Waals surface area (Å²) in [6.07, 6.45) is 2.86. The molecule has 0 saturated carbocycles. The third-order valence-electron chi connectivity index (χ3n) is 2.68. The average Bonchev–Trinajstić information content (AvgIpc) is 2.76. The van der Waals surface area contributed by atoms with Gasteiger partial charge in [0.15, 0.2) is 0 Å². The number of amides is 1. The molecule has 0 atom stereocenters. The Balaban J connectivity index is 2.34. The van der Waals surface area contributed by atoms with Crippen LogP contribution in [0.4, 0.5) is 0 Å². The van der Waals surface area contributed by atoms with E-state index in [1.54, 1.807) is 36.0 Å². The zero-order valence-electron chi connectivity index (χ0n) is 9.42. The van der Waals surface area contributed by atoms with Crippen LogP contribution < -0.4 is 0 Å². The molecule has 1 aromatic rings. The second-order valence-electron chi connectivity index (χ2n) is 3.75. The molecule has 0 radical (unpaired) electrons. The normalized spacial score (nSPS) is 16.5. The van der Waals surface area contributed by atoms with Crippen molar-refractivity contribution in [1.82, 2.24) is 4.31 Å². The lowest BCUT2D eigenvalue weighted by molar-refractivity contribution is -0.123. The molecule has 2 rings (SSSR count). The molecule has 0 N–H and O–H groups in total. The standard InChI is InChI=1S/C11H13NO3S2/c1-16-9-4-6-10(7-5-9)17(14,15)12-8-2-3-11(12)13/h4-7H,2-3,8H2,1H3. The highest BCUT2D eigenvalue weighted by molar-refractivity contribution is 7.98. The molecular formula is C11H13NO3S2. The van der Waals surface area contributed by atoms with E-state index in [9.17, 15) is 13.2 Å². The van der Waals surface area contributed by atoms with Crippen LogP contribution in [-0.2, 0) is 14.8 Å². The Labute approximate surface area is 105 Å². The van der Waals surface area contributed by atoms with Crippen molar-refractivity contribution in [3.05, 3.63) is 24.3 Å². The minimum absolute atomic E-state index is 0.186. The predicted molar refractivity (Wildman–Crippen MR) is 66.4 cm³/mol. The van der Waals surface area contributed by atoms with Crippen LogP contribution >= 0.6 is 11.8 Å². The van der Waals surface area contributed by atoms with Gasteiger partial charge in [0.05, 0.1) is 4.90 Å². The number of thioether (sulfide) groups is 1. The summed E-state index contributed by atoms with van der Waals surface area (Å²) in [6, 6.07) is 6.59. The van der Waals surface area contributed by atoms with Crippen molar-refractivity contribution < 1.29 is 13.2 Å². The summed E-state index contributed by atoms with van der Waals surface area (Å²) in [7, 11) is -3.64. The summed E-state index contributed by atoms with van der Waals surface area (Å²) >= 11 is 1.55. The van der Waals surface area contributed by atoms with Crippen LogP contribution in [0.3, 0.4) is 0 Å². The molecule has 0 aliphatic carbocycles. The Kier molecular flexibility index (Phi) is 3.44. The van der Waals surface area contributed by atoms with E-state index in [1.165, 1.54) is 0 Å². The van der Waals surface area contributed by atoms with E-state index < -0.39 is 10.0 Å². The van der Waals surface area contributed by atoms with Crippen molar-refractivity contribution in [3.63, 3.8) is 0 Å². The first-order chi connectivity index (χ1) is 8.05. The summed E-state index contributed by atoms with van der Waals surface area (Å²) in [5.41, 5.74) is 0. The van der Waals surface area contributed by atoms with Crippen molar-refractivity contribution in [1.29, 1.82) is 0 Å². The van der Waals surface area contributed by atoms with Crippen LogP contribution in [0.15, 0.2) is 34.1 Å². The Morgan fingerprint density at radius 1 is 1.24 bits per heavy atom. The van der Waals surface area contributed by atoms with Gasteiger partial charge in [-0.3, -0.25) is 4.79 Å². The molecule has 6 heteroatoms. The van der Waals surface area contributed by atoms with E-state index in [4.69, 9.17) is 0 Å². The smallest absolute Gasteiger partial charge is 0.266 e. The third kappa shape index (κ3) is 2.32. The van der Waals surface area contributed by atoms with Gasteiger partial charge in [-0.1, -0.05) is 0 Å². The minimum Gasteiger partial charge on any atom is -0.274 e. The Morgan fingerprint density at radius 3 is 2.35 bits per heavy atom. The molecular weight excluding hydrogens is 258 g/mol. The lowest BCUT2D eigenvalue weighted by Crippen LogP contribution is -2.31. The van der Waals surface area contributed by atoms with E-state index in [0.717, 1.165) is 9.20 Å². The van der Waals surface area contributed by atoms with Gasteiger partial charge in [-0.2, -0.15) is 0 Å². The molecule has 1 aliphatic heterocycles. The largest absolute Gasteiger partial charge is 0.274 e. The summed E-state index contributed by atoms with van der Waals surface area (Å²) in [5.74, 6) is -0.307. The molecule has 0 unspecified atom stereocenters. The van der Waals surface area contributed by atoms with Crippen LogP contribution in [0.5, 0.6) is 0 Å². The monoisotopic (exact) mass is 271 g/mol. The van der Waals surface area contributed by atoms with Crippen molar-refractivity contribution in [3.8, 4) is 0 Å². The predicted octanol–water partition coefficient (Wildman–Crippen LogP) is 1.72. The highest BCUT2D eigenvalue weighted by Crippen LogP contribution is 2.23. The highest BCUT2D eigenvalue weighted by Gasteiger charge is 2.32. The van der Waals surface area contributed by atoms with Crippen LogP contribution in [-0.4, -0.2) is 31.4 Å².